The minimum Gasteiger partial charge on any atom is -0.477 e. The van der Waals surface area contributed by atoms with Gasteiger partial charge in [-0.15, -0.1) is 0 Å². The van der Waals surface area contributed by atoms with E-state index in [0.717, 1.165) is 5.52 Å². The third-order valence-electron chi connectivity index (χ3n) is 1.81. The fourth-order valence-electron chi connectivity index (χ4n) is 1.13. The number of aromatic carboxylic acids is 1. The zero-order chi connectivity index (χ0) is 9.42. The van der Waals surface area contributed by atoms with Crippen molar-refractivity contribution >= 4 is 17.1 Å². The second-order valence-corrected chi connectivity index (χ2v) is 2.70. The van der Waals surface area contributed by atoms with Crippen LogP contribution < -0.4 is 0 Å². The van der Waals surface area contributed by atoms with E-state index >= 15 is 0 Å². The summed E-state index contributed by atoms with van der Waals surface area (Å²) in [4.78, 5) is 18.4. The third kappa shape index (κ3) is 1.14. The van der Waals surface area contributed by atoms with E-state index < -0.39 is 5.97 Å². The molecule has 0 aliphatic rings. The molecule has 0 radical (unpaired) electrons. The van der Waals surface area contributed by atoms with E-state index in [9.17, 15) is 4.79 Å². The van der Waals surface area contributed by atoms with E-state index in [-0.39, 0.29) is 5.69 Å². The van der Waals surface area contributed by atoms with Crippen LogP contribution in [0.15, 0.2) is 18.5 Å². The van der Waals surface area contributed by atoms with Crippen molar-refractivity contribution in [2.24, 2.45) is 7.05 Å². The molecule has 0 saturated carbocycles. The summed E-state index contributed by atoms with van der Waals surface area (Å²) < 4.78 is 1.79. The Morgan fingerprint density at radius 1 is 1.54 bits per heavy atom. The van der Waals surface area contributed by atoms with Crippen molar-refractivity contribution in [1.29, 1.82) is 0 Å². The highest BCUT2D eigenvalue weighted by Gasteiger charge is 2.07. The van der Waals surface area contributed by atoms with Gasteiger partial charge >= 0.3 is 5.97 Å². The van der Waals surface area contributed by atoms with E-state index in [1.54, 1.807) is 17.0 Å². The molecule has 2 heterocycles. The number of nitrogens with zero attached hydrogens (tertiary/aromatic N) is 3. The Kier molecular flexibility index (Phi) is 1.51. The molecule has 66 valence electrons. The predicted octanol–water partition coefficient (Wildman–Crippen LogP) is 0.666. The van der Waals surface area contributed by atoms with Crippen molar-refractivity contribution in [3.63, 3.8) is 0 Å². The van der Waals surface area contributed by atoms with Crippen LogP contribution in [-0.4, -0.2) is 25.6 Å². The zero-order valence-electron chi connectivity index (χ0n) is 6.93. The van der Waals surface area contributed by atoms with E-state index in [1.807, 2.05) is 7.05 Å². The monoisotopic (exact) mass is 177 g/mol. The summed E-state index contributed by atoms with van der Waals surface area (Å²) in [5.41, 5.74) is 1.30. The number of imidazole rings is 1. The van der Waals surface area contributed by atoms with Crippen LogP contribution in [0.2, 0.25) is 0 Å². The molecule has 13 heavy (non-hydrogen) atoms. The summed E-state index contributed by atoms with van der Waals surface area (Å²) in [5.74, 6) is -1.03. The van der Waals surface area contributed by atoms with E-state index in [4.69, 9.17) is 5.11 Å². The number of pyridine rings is 1. The van der Waals surface area contributed by atoms with Crippen LogP contribution in [0, 0.1) is 0 Å². The maximum Gasteiger partial charge on any atom is 0.354 e. The summed E-state index contributed by atoms with van der Waals surface area (Å²) in [5, 5.41) is 8.65. The number of hydrogen-bond donors (Lipinski definition) is 1. The topological polar surface area (TPSA) is 68.0 Å². The Bertz CT molecular complexity index is 475. The van der Waals surface area contributed by atoms with Crippen LogP contribution in [0.4, 0.5) is 0 Å². The number of fused-ring (bicyclic) bond motifs is 1. The van der Waals surface area contributed by atoms with E-state index in [2.05, 4.69) is 9.97 Å². The Morgan fingerprint density at radius 3 is 3.00 bits per heavy atom. The van der Waals surface area contributed by atoms with Crippen LogP contribution >= 0.6 is 0 Å². The van der Waals surface area contributed by atoms with Gasteiger partial charge in [0.2, 0.25) is 0 Å². The number of aryl methyl sites for hydroxylation is 1. The predicted molar refractivity (Wildman–Crippen MR) is 45.5 cm³/mol. The van der Waals surface area contributed by atoms with Gasteiger partial charge < -0.3 is 9.67 Å². The first kappa shape index (κ1) is 7.72. The highest BCUT2D eigenvalue weighted by molar-refractivity contribution is 5.88. The molecule has 2 rings (SSSR count). The quantitative estimate of drug-likeness (QED) is 0.695. The van der Waals surface area contributed by atoms with Crippen molar-refractivity contribution in [1.82, 2.24) is 14.5 Å². The molecular weight excluding hydrogens is 170 g/mol. The summed E-state index contributed by atoms with van der Waals surface area (Å²) in [7, 11) is 1.83. The van der Waals surface area contributed by atoms with Gasteiger partial charge in [0.05, 0.1) is 11.8 Å². The Labute approximate surface area is 73.7 Å². The molecule has 0 aromatic carbocycles. The number of aromatic nitrogens is 3. The molecule has 0 aliphatic carbocycles. The van der Waals surface area contributed by atoms with Gasteiger partial charge in [0.1, 0.15) is 0 Å². The normalized spacial score (nSPS) is 10.5. The number of hydrogen-bond acceptors (Lipinski definition) is 3. The maximum absolute atomic E-state index is 10.6. The largest absolute Gasteiger partial charge is 0.477 e. The van der Waals surface area contributed by atoms with Gasteiger partial charge in [-0.05, 0) is 12.1 Å². The van der Waals surface area contributed by atoms with E-state index in [0.29, 0.717) is 5.65 Å². The zero-order valence-corrected chi connectivity index (χ0v) is 6.93. The van der Waals surface area contributed by atoms with Crippen molar-refractivity contribution in [3.05, 3.63) is 24.2 Å². The molecule has 0 spiro atoms. The Hall–Kier alpha value is -1.91. The third-order valence-corrected chi connectivity index (χ3v) is 1.81. The molecule has 2 aromatic heterocycles. The smallest absolute Gasteiger partial charge is 0.354 e. The molecule has 5 nitrogen and oxygen atoms in total. The van der Waals surface area contributed by atoms with Gasteiger partial charge in [-0.3, -0.25) is 0 Å². The maximum atomic E-state index is 10.6. The minimum atomic E-state index is -1.03. The van der Waals surface area contributed by atoms with Gasteiger partial charge in [0.25, 0.3) is 0 Å². The van der Waals surface area contributed by atoms with E-state index in [1.165, 1.54) is 6.07 Å². The highest BCUT2D eigenvalue weighted by atomic mass is 16.4. The molecule has 0 bridgehead atoms. The fraction of sp³-hybridized carbons (Fsp3) is 0.125. The average molecular weight is 177 g/mol. The summed E-state index contributed by atoms with van der Waals surface area (Å²) in [6.07, 6.45) is 1.60. The van der Waals surface area contributed by atoms with Crippen molar-refractivity contribution in [2.45, 2.75) is 0 Å². The highest BCUT2D eigenvalue weighted by Crippen LogP contribution is 2.09. The molecule has 0 saturated heterocycles. The van der Waals surface area contributed by atoms with Crippen LogP contribution in [0.3, 0.4) is 0 Å². The number of carbonyl (C=O) groups is 1. The molecule has 2 aromatic rings. The lowest BCUT2D eigenvalue weighted by Gasteiger charge is -1.94. The first-order valence-corrected chi connectivity index (χ1v) is 3.70. The Morgan fingerprint density at radius 2 is 2.31 bits per heavy atom. The second kappa shape index (κ2) is 2.55. The van der Waals surface area contributed by atoms with Gasteiger partial charge in [-0.1, -0.05) is 0 Å². The van der Waals surface area contributed by atoms with Gasteiger partial charge in [0, 0.05) is 7.05 Å². The SMILES string of the molecule is Cn1cnc2nc(C(=O)O)ccc21. The number of rotatable bonds is 1. The van der Waals surface area contributed by atoms with Gasteiger partial charge in [0.15, 0.2) is 11.3 Å². The number of carboxylic acids is 1. The minimum absolute atomic E-state index is 0.0196. The molecule has 0 atom stereocenters. The fourth-order valence-corrected chi connectivity index (χ4v) is 1.13. The second-order valence-electron chi connectivity index (χ2n) is 2.70. The van der Waals surface area contributed by atoms with Crippen LogP contribution in [0.1, 0.15) is 10.5 Å². The van der Waals surface area contributed by atoms with Crippen LogP contribution in [-0.2, 0) is 7.05 Å². The van der Waals surface area contributed by atoms with Gasteiger partial charge in [-0.2, -0.15) is 0 Å². The molecule has 0 unspecified atom stereocenters. The van der Waals surface area contributed by atoms with Crippen LogP contribution in [0.25, 0.3) is 11.2 Å². The first-order valence-electron chi connectivity index (χ1n) is 3.70. The molecule has 1 N–H and O–H groups in total. The Balaban J connectivity index is 2.70. The first-order chi connectivity index (χ1) is 6.18. The lowest BCUT2D eigenvalue weighted by molar-refractivity contribution is 0.0691. The molecule has 0 amide bonds. The lowest BCUT2D eigenvalue weighted by atomic mass is 10.3. The summed E-state index contributed by atoms with van der Waals surface area (Å²) in [6, 6.07) is 3.16. The van der Waals surface area contributed by atoms with Crippen molar-refractivity contribution in [2.75, 3.05) is 0 Å². The van der Waals surface area contributed by atoms with Crippen molar-refractivity contribution < 1.29 is 9.90 Å². The summed E-state index contributed by atoms with van der Waals surface area (Å²) in [6.45, 7) is 0. The standard InChI is InChI=1S/C8H7N3O2/c1-11-4-9-7-6(11)3-2-5(10-7)8(12)13/h2-4H,1H3,(H,12,13). The van der Waals surface area contributed by atoms with Crippen molar-refractivity contribution in [3.8, 4) is 0 Å². The van der Waals surface area contributed by atoms with Crippen LogP contribution in [0.5, 0.6) is 0 Å². The number of carboxylic acid groups (broad SMARTS) is 1. The summed E-state index contributed by atoms with van der Waals surface area (Å²) >= 11 is 0. The average Bonchev–Trinajstić information content (AvgIpc) is 2.47. The molecule has 0 aliphatic heterocycles. The molecule has 5 heteroatoms. The lowest BCUT2D eigenvalue weighted by Crippen LogP contribution is -1.99. The van der Waals surface area contributed by atoms with Gasteiger partial charge in [-0.25, -0.2) is 14.8 Å². The molecule has 0 fully saturated rings. The molecular formula is C8H7N3O2.